The maximum absolute atomic E-state index is 6.19. The molecule has 15 heavy (non-hydrogen) atoms. The van der Waals surface area contributed by atoms with Crippen molar-refractivity contribution in [3.8, 4) is 11.3 Å². The van der Waals surface area contributed by atoms with Crippen molar-refractivity contribution < 1.29 is 4.42 Å². The maximum Gasteiger partial charge on any atom is 0.181 e. The van der Waals surface area contributed by atoms with Crippen LogP contribution in [0.5, 0.6) is 0 Å². The molecule has 0 aliphatic heterocycles. The van der Waals surface area contributed by atoms with E-state index in [-0.39, 0.29) is 0 Å². The summed E-state index contributed by atoms with van der Waals surface area (Å²) in [7, 11) is 0. The fraction of sp³-hybridized carbons (Fsp3) is 0.182. The van der Waals surface area contributed by atoms with E-state index in [0.717, 1.165) is 16.8 Å². The molecule has 0 saturated carbocycles. The summed E-state index contributed by atoms with van der Waals surface area (Å²) in [4.78, 5) is 4.03. The first-order valence-corrected chi connectivity index (χ1v) is 4.99. The van der Waals surface area contributed by atoms with Gasteiger partial charge < -0.3 is 10.2 Å². The van der Waals surface area contributed by atoms with E-state index in [1.165, 1.54) is 6.39 Å². The van der Waals surface area contributed by atoms with Gasteiger partial charge in [0.2, 0.25) is 0 Å². The van der Waals surface area contributed by atoms with Gasteiger partial charge in [0.05, 0.1) is 5.02 Å². The van der Waals surface area contributed by atoms with Crippen LogP contribution in [0.1, 0.15) is 11.3 Å². The van der Waals surface area contributed by atoms with E-state index >= 15 is 0 Å². The standard InChI is InChI=1S/C11H11ClN2O/c1-7-3-2-4-8(10(7)12)11-9(5-13)14-6-15-11/h2-4,6H,5,13H2,1H3. The van der Waals surface area contributed by atoms with Crippen LogP contribution in [0.2, 0.25) is 5.02 Å². The van der Waals surface area contributed by atoms with Crippen LogP contribution in [0.15, 0.2) is 29.0 Å². The molecule has 0 aliphatic carbocycles. The summed E-state index contributed by atoms with van der Waals surface area (Å²) >= 11 is 6.19. The van der Waals surface area contributed by atoms with Crippen molar-refractivity contribution in [2.24, 2.45) is 5.73 Å². The van der Waals surface area contributed by atoms with E-state index in [0.29, 0.717) is 17.3 Å². The van der Waals surface area contributed by atoms with Crippen molar-refractivity contribution in [3.63, 3.8) is 0 Å². The highest BCUT2D eigenvalue weighted by molar-refractivity contribution is 6.34. The molecule has 0 fully saturated rings. The molecule has 0 bridgehead atoms. The van der Waals surface area contributed by atoms with Gasteiger partial charge in [-0.25, -0.2) is 4.98 Å². The first kappa shape index (κ1) is 10.2. The van der Waals surface area contributed by atoms with Gasteiger partial charge in [-0.05, 0) is 18.6 Å². The number of rotatable bonds is 2. The molecule has 1 heterocycles. The van der Waals surface area contributed by atoms with Crippen LogP contribution in [-0.2, 0) is 6.54 Å². The first-order chi connectivity index (χ1) is 7.24. The predicted octanol–water partition coefficient (Wildman–Crippen LogP) is 2.76. The van der Waals surface area contributed by atoms with Gasteiger partial charge in [0.25, 0.3) is 0 Å². The Kier molecular flexibility index (Phi) is 2.75. The van der Waals surface area contributed by atoms with E-state index in [2.05, 4.69) is 4.98 Å². The van der Waals surface area contributed by atoms with Crippen LogP contribution in [-0.4, -0.2) is 4.98 Å². The number of hydrogen-bond acceptors (Lipinski definition) is 3. The Morgan fingerprint density at radius 2 is 2.27 bits per heavy atom. The number of halogens is 1. The van der Waals surface area contributed by atoms with Crippen LogP contribution < -0.4 is 5.73 Å². The van der Waals surface area contributed by atoms with E-state index < -0.39 is 0 Å². The molecule has 4 heteroatoms. The van der Waals surface area contributed by atoms with Crippen molar-refractivity contribution in [1.82, 2.24) is 4.98 Å². The largest absolute Gasteiger partial charge is 0.443 e. The summed E-state index contributed by atoms with van der Waals surface area (Å²) in [6, 6.07) is 5.78. The molecule has 0 radical (unpaired) electrons. The number of nitrogens with two attached hydrogens (primary N) is 1. The Morgan fingerprint density at radius 3 is 3.00 bits per heavy atom. The molecular formula is C11H11ClN2O. The molecule has 78 valence electrons. The predicted molar refractivity (Wildman–Crippen MR) is 59.6 cm³/mol. The van der Waals surface area contributed by atoms with Gasteiger partial charge in [-0.3, -0.25) is 0 Å². The Morgan fingerprint density at radius 1 is 1.47 bits per heavy atom. The lowest BCUT2D eigenvalue weighted by atomic mass is 10.1. The fourth-order valence-electron chi connectivity index (χ4n) is 1.46. The number of oxazole rings is 1. The Bertz CT molecular complexity index is 479. The molecule has 0 atom stereocenters. The molecule has 0 spiro atoms. The molecule has 1 aromatic carbocycles. The van der Waals surface area contributed by atoms with E-state index in [1.807, 2.05) is 25.1 Å². The monoisotopic (exact) mass is 222 g/mol. The smallest absolute Gasteiger partial charge is 0.181 e. The molecule has 2 rings (SSSR count). The van der Waals surface area contributed by atoms with Crippen molar-refractivity contribution in [1.29, 1.82) is 0 Å². The van der Waals surface area contributed by atoms with Gasteiger partial charge in [-0.2, -0.15) is 0 Å². The van der Waals surface area contributed by atoms with E-state index in [1.54, 1.807) is 0 Å². The Balaban J connectivity index is 2.59. The average molecular weight is 223 g/mol. The first-order valence-electron chi connectivity index (χ1n) is 4.62. The normalized spacial score (nSPS) is 10.6. The second-order valence-electron chi connectivity index (χ2n) is 3.27. The lowest BCUT2D eigenvalue weighted by Gasteiger charge is -2.04. The average Bonchev–Trinajstić information content (AvgIpc) is 2.70. The van der Waals surface area contributed by atoms with Gasteiger partial charge in [0.15, 0.2) is 12.2 Å². The second kappa shape index (κ2) is 4.04. The Hall–Kier alpha value is -1.32. The third-order valence-electron chi connectivity index (χ3n) is 2.27. The minimum atomic E-state index is 0.343. The van der Waals surface area contributed by atoms with E-state index in [9.17, 15) is 0 Å². The zero-order chi connectivity index (χ0) is 10.8. The number of benzene rings is 1. The van der Waals surface area contributed by atoms with Crippen molar-refractivity contribution in [2.45, 2.75) is 13.5 Å². The highest BCUT2D eigenvalue weighted by Crippen LogP contribution is 2.31. The van der Waals surface area contributed by atoms with Crippen molar-refractivity contribution in [3.05, 3.63) is 40.9 Å². The lowest BCUT2D eigenvalue weighted by Crippen LogP contribution is -1.98. The lowest BCUT2D eigenvalue weighted by molar-refractivity contribution is 0.571. The van der Waals surface area contributed by atoms with Gasteiger partial charge in [0, 0.05) is 12.1 Å². The van der Waals surface area contributed by atoms with Crippen molar-refractivity contribution >= 4 is 11.6 Å². The van der Waals surface area contributed by atoms with Gasteiger partial charge in [-0.15, -0.1) is 0 Å². The summed E-state index contributed by atoms with van der Waals surface area (Å²) in [6.45, 7) is 2.29. The zero-order valence-electron chi connectivity index (χ0n) is 8.33. The summed E-state index contributed by atoms with van der Waals surface area (Å²) < 4.78 is 5.30. The minimum Gasteiger partial charge on any atom is -0.443 e. The summed E-state index contributed by atoms with van der Waals surface area (Å²) in [5.74, 6) is 0.659. The molecular weight excluding hydrogens is 212 g/mol. The minimum absolute atomic E-state index is 0.343. The number of aromatic nitrogens is 1. The maximum atomic E-state index is 6.19. The van der Waals surface area contributed by atoms with Gasteiger partial charge >= 0.3 is 0 Å². The number of hydrogen-bond donors (Lipinski definition) is 1. The number of nitrogens with zero attached hydrogens (tertiary/aromatic N) is 1. The quantitative estimate of drug-likeness (QED) is 0.850. The highest BCUT2D eigenvalue weighted by atomic mass is 35.5. The van der Waals surface area contributed by atoms with Crippen LogP contribution in [0.4, 0.5) is 0 Å². The van der Waals surface area contributed by atoms with Crippen LogP contribution in [0.25, 0.3) is 11.3 Å². The topological polar surface area (TPSA) is 52.0 Å². The third kappa shape index (κ3) is 1.76. The van der Waals surface area contributed by atoms with Crippen LogP contribution in [0.3, 0.4) is 0 Å². The summed E-state index contributed by atoms with van der Waals surface area (Å²) in [6.07, 6.45) is 1.39. The molecule has 1 aromatic heterocycles. The third-order valence-corrected chi connectivity index (χ3v) is 2.77. The highest BCUT2D eigenvalue weighted by Gasteiger charge is 2.13. The van der Waals surface area contributed by atoms with E-state index in [4.69, 9.17) is 21.8 Å². The second-order valence-corrected chi connectivity index (χ2v) is 3.65. The molecule has 2 N–H and O–H groups in total. The Labute approximate surface area is 92.9 Å². The van der Waals surface area contributed by atoms with Gasteiger partial charge in [0.1, 0.15) is 5.69 Å². The molecule has 0 aliphatic rings. The van der Waals surface area contributed by atoms with Crippen LogP contribution in [0, 0.1) is 6.92 Å². The van der Waals surface area contributed by atoms with Crippen LogP contribution >= 0.6 is 11.6 Å². The SMILES string of the molecule is Cc1cccc(-c2ocnc2CN)c1Cl. The zero-order valence-corrected chi connectivity index (χ0v) is 9.08. The fourth-order valence-corrected chi connectivity index (χ4v) is 1.67. The molecule has 3 nitrogen and oxygen atoms in total. The number of aryl methyl sites for hydroxylation is 1. The molecule has 2 aromatic rings. The van der Waals surface area contributed by atoms with Crippen molar-refractivity contribution in [2.75, 3.05) is 0 Å². The molecule has 0 amide bonds. The molecule has 0 saturated heterocycles. The van der Waals surface area contributed by atoms with Gasteiger partial charge in [-0.1, -0.05) is 23.7 Å². The summed E-state index contributed by atoms with van der Waals surface area (Å²) in [5, 5.41) is 0.684. The molecule has 0 unspecified atom stereocenters. The summed E-state index contributed by atoms with van der Waals surface area (Å²) in [5.41, 5.74) is 8.13.